The van der Waals surface area contributed by atoms with Crippen molar-refractivity contribution in [3.8, 4) is 0 Å². The third kappa shape index (κ3) is 6.05. The predicted octanol–water partition coefficient (Wildman–Crippen LogP) is 7.91. The van der Waals surface area contributed by atoms with Crippen LogP contribution in [-0.4, -0.2) is 60.1 Å². The van der Waals surface area contributed by atoms with Gasteiger partial charge in [-0.05, 0) is 0 Å². The fourth-order valence-electron chi connectivity index (χ4n) is 2.02. The highest BCUT2D eigenvalue weighted by atomic mass is 19.4. The van der Waals surface area contributed by atoms with Crippen molar-refractivity contribution in [2.24, 2.45) is 0 Å². The van der Waals surface area contributed by atoms with Crippen molar-refractivity contribution < 1.29 is 101 Å². The monoisotopic (exact) mass is 582 g/mol. The summed E-state index contributed by atoms with van der Waals surface area (Å²) >= 11 is 0. The molecular weight excluding hydrogens is 578 g/mol. The minimum absolute atomic E-state index is 1.64. The summed E-state index contributed by atoms with van der Waals surface area (Å²) in [5.74, 6) is -48.9. The first kappa shape index (κ1) is 33.4. The van der Waals surface area contributed by atoms with Crippen LogP contribution in [0, 0.1) is 0 Å². The van der Waals surface area contributed by atoms with Gasteiger partial charge in [-0.25, -0.2) is 8.78 Å². The highest BCUT2D eigenvalue weighted by molar-refractivity contribution is 5.07. The number of alkyl halides is 22. The summed E-state index contributed by atoms with van der Waals surface area (Å²) in [4.78, 5) is 0. The molecular formula is C12H4F22O. The molecule has 0 radical (unpaired) electrons. The largest absolute Gasteiger partial charge is 0.460 e. The van der Waals surface area contributed by atoms with Gasteiger partial charge in [0, 0.05) is 0 Å². The Bertz CT molecular complexity index is 675. The molecule has 0 heterocycles. The molecule has 0 N–H and O–H groups in total. The van der Waals surface area contributed by atoms with Crippen molar-refractivity contribution in [3.63, 3.8) is 0 Å². The summed E-state index contributed by atoms with van der Waals surface area (Å²) in [6.07, 6.45) is -39.6. The van der Waals surface area contributed by atoms with E-state index in [1.165, 1.54) is 0 Å². The highest BCUT2D eigenvalue weighted by Gasteiger charge is 2.88. The molecule has 0 rings (SSSR count). The second kappa shape index (κ2) is 8.48. The van der Waals surface area contributed by atoms with E-state index in [1.54, 1.807) is 4.74 Å². The molecule has 23 heteroatoms. The topological polar surface area (TPSA) is 9.23 Å². The molecule has 0 aliphatic carbocycles. The van der Waals surface area contributed by atoms with Gasteiger partial charge in [-0.15, -0.1) is 0 Å². The van der Waals surface area contributed by atoms with Crippen molar-refractivity contribution in [1.29, 1.82) is 0 Å². The quantitative estimate of drug-likeness (QED) is 0.265. The Morgan fingerprint density at radius 2 is 0.514 bits per heavy atom. The molecule has 0 aliphatic heterocycles. The Balaban J connectivity index is 7.37. The van der Waals surface area contributed by atoms with Crippen LogP contribution in [0.2, 0.25) is 0 Å². The Morgan fingerprint density at radius 1 is 0.314 bits per heavy atom. The van der Waals surface area contributed by atoms with Crippen LogP contribution in [-0.2, 0) is 4.74 Å². The number of hydrogen-bond donors (Lipinski definition) is 0. The van der Waals surface area contributed by atoms with E-state index in [-0.39, 0.29) is 0 Å². The third-order valence-electron chi connectivity index (χ3n) is 3.62. The van der Waals surface area contributed by atoms with E-state index < -0.39 is 72.9 Å². The van der Waals surface area contributed by atoms with Crippen LogP contribution in [0.4, 0.5) is 96.6 Å². The molecule has 0 aromatic carbocycles. The van der Waals surface area contributed by atoms with Gasteiger partial charge in [-0.2, -0.15) is 87.8 Å². The van der Waals surface area contributed by atoms with Crippen molar-refractivity contribution in [3.05, 3.63) is 0 Å². The van der Waals surface area contributed by atoms with Gasteiger partial charge < -0.3 is 0 Å². The molecule has 0 spiro atoms. The van der Waals surface area contributed by atoms with Gasteiger partial charge in [-0.3, -0.25) is 4.74 Å². The molecule has 0 amide bonds. The second-order valence-electron chi connectivity index (χ2n) is 6.44. The molecule has 0 aromatic heterocycles. The molecule has 212 valence electrons. The number of rotatable bonds is 8. The Kier molecular flexibility index (Phi) is 8.10. The van der Waals surface area contributed by atoms with Crippen LogP contribution in [0.3, 0.4) is 0 Å². The summed E-state index contributed by atoms with van der Waals surface area (Å²) in [5.41, 5.74) is 0. The summed E-state index contributed by atoms with van der Waals surface area (Å²) in [7, 11) is 0. The van der Waals surface area contributed by atoms with Crippen LogP contribution in [0.25, 0.3) is 0 Å². The number of ether oxygens (including phenoxy) is 1. The zero-order chi connectivity index (χ0) is 29.1. The van der Waals surface area contributed by atoms with Gasteiger partial charge in [0.25, 0.3) is 11.7 Å². The van der Waals surface area contributed by atoms with Gasteiger partial charge in [0.15, 0.2) is 0 Å². The standard InChI is InChI=1S/C12H4F22O/c13-3(1-5(15,16)17,7(21,22)9(25,26)11(29,30)31)35-4(14,2-6(18,19)20)8(23,24)10(27,28)12(32,33)34/h1-2H2. The van der Waals surface area contributed by atoms with E-state index in [2.05, 4.69) is 0 Å². The fraction of sp³-hybridized carbons (Fsp3) is 1.00. The number of hydrogen-bond acceptors (Lipinski definition) is 1. The van der Waals surface area contributed by atoms with Crippen molar-refractivity contribution in [2.45, 2.75) is 72.9 Å². The molecule has 2 atom stereocenters. The van der Waals surface area contributed by atoms with Gasteiger partial charge in [-0.1, -0.05) is 0 Å². The minimum atomic E-state index is -8.39. The Labute approximate surface area is 176 Å². The lowest BCUT2D eigenvalue weighted by Gasteiger charge is -2.45. The van der Waals surface area contributed by atoms with Crippen LogP contribution in [0.1, 0.15) is 12.8 Å². The van der Waals surface area contributed by atoms with E-state index in [0.29, 0.717) is 0 Å². The molecule has 0 fully saturated rings. The van der Waals surface area contributed by atoms with Gasteiger partial charge in [0.1, 0.15) is 12.8 Å². The first-order chi connectivity index (χ1) is 14.6. The molecule has 35 heavy (non-hydrogen) atoms. The van der Waals surface area contributed by atoms with Crippen LogP contribution >= 0.6 is 0 Å². The maximum atomic E-state index is 14.2. The summed E-state index contributed by atoms with van der Waals surface area (Å²) in [6.45, 7) is 0. The van der Waals surface area contributed by atoms with Crippen molar-refractivity contribution >= 4 is 0 Å². The minimum Gasteiger partial charge on any atom is -0.297 e. The highest BCUT2D eigenvalue weighted by Crippen LogP contribution is 2.61. The van der Waals surface area contributed by atoms with E-state index in [0.717, 1.165) is 0 Å². The van der Waals surface area contributed by atoms with E-state index in [1.807, 2.05) is 0 Å². The molecule has 0 saturated carbocycles. The molecule has 0 aromatic rings. The fourth-order valence-corrected chi connectivity index (χ4v) is 2.02. The molecule has 0 aliphatic rings. The smallest absolute Gasteiger partial charge is 0.297 e. The third-order valence-corrected chi connectivity index (χ3v) is 3.62. The lowest BCUT2D eigenvalue weighted by Crippen LogP contribution is -2.70. The van der Waals surface area contributed by atoms with E-state index >= 15 is 0 Å². The first-order valence-corrected chi connectivity index (χ1v) is 7.48. The first-order valence-electron chi connectivity index (χ1n) is 7.48. The summed E-state index contributed by atoms with van der Waals surface area (Å²) in [5, 5.41) is 0. The van der Waals surface area contributed by atoms with Crippen molar-refractivity contribution in [1.82, 2.24) is 0 Å². The molecule has 0 saturated heterocycles. The summed E-state index contributed by atoms with van der Waals surface area (Å²) < 4.78 is 283. The lowest BCUT2D eigenvalue weighted by atomic mass is 9.95. The number of halogens is 22. The molecule has 0 bridgehead atoms. The van der Waals surface area contributed by atoms with Crippen LogP contribution < -0.4 is 0 Å². The maximum absolute atomic E-state index is 14.2. The lowest BCUT2D eigenvalue weighted by molar-refractivity contribution is -0.486. The zero-order valence-electron chi connectivity index (χ0n) is 15.1. The molecule has 2 unspecified atom stereocenters. The van der Waals surface area contributed by atoms with Crippen molar-refractivity contribution in [2.75, 3.05) is 0 Å². The Hall–Kier alpha value is -1.58. The second-order valence-corrected chi connectivity index (χ2v) is 6.44. The van der Waals surface area contributed by atoms with Crippen LogP contribution in [0.15, 0.2) is 0 Å². The predicted molar refractivity (Wildman–Crippen MR) is 62.0 cm³/mol. The maximum Gasteiger partial charge on any atom is 0.460 e. The Morgan fingerprint density at radius 3 is 0.657 bits per heavy atom. The summed E-state index contributed by atoms with van der Waals surface area (Å²) in [6, 6.07) is 0. The van der Waals surface area contributed by atoms with Gasteiger partial charge in [0.2, 0.25) is 0 Å². The normalized spacial score (nSPS) is 19.4. The SMILES string of the molecule is FC(F)(F)CC(F)(OC(F)(CC(F)(F)F)C(F)(F)C(F)(F)C(F)(F)F)C(F)(F)C(F)(F)C(F)(F)F. The van der Waals surface area contributed by atoms with E-state index in [4.69, 9.17) is 0 Å². The van der Waals surface area contributed by atoms with E-state index in [9.17, 15) is 96.6 Å². The average Bonchev–Trinajstić information content (AvgIpc) is 2.47. The molecule has 1 nitrogen and oxygen atoms in total. The average molecular weight is 582 g/mol. The van der Waals surface area contributed by atoms with Gasteiger partial charge in [0.05, 0.1) is 0 Å². The van der Waals surface area contributed by atoms with Crippen LogP contribution in [0.5, 0.6) is 0 Å². The van der Waals surface area contributed by atoms with Gasteiger partial charge >= 0.3 is 48.4 Å². The zero-order valence-corrected chi connectivity index (χ0v) is 15.1.